The number of rotatable bonds is 3. The van der Waals surface area contributed by atoms with E-state index in [-0.39, 0.29) is 5.69 Å². The summed E-state index contributed by atoms with van der Waals surface area (Å²) >= 11 is 11.6. The molecule has 6 heteroatoms. The summed E-state index contributed by atoms with van der Waals surface area (Å²) in [5.41, 5.74) is 1.11. The van der Waals surface area contributed by atoms with E-state index in [0.717, 1.165) is 5.56 Å². The van der Waals surface area contributed by atoms with Crippen LogP contribution >= 0.6 is 23.2 Å². The molecule has 0 unspecified atom stereocenters. The number of benzene rings is 1. The smallest absolute Gasteiger partial charge is 0.356 e. The lowest BCUT2D eigenvalue weighted by Gasteiger charge is -2.00. The predicted octanol–water partition coefficient (Wildman–Crippen LogP) is 3.46. The van der Waals surface area contributed by atoms with E-state index >= 15 is 0 Å². The Kier molecular flexibility index (Phi) is 4.24. The largest absolute Gasteiger partial charge is 0.464 e. The molecule has 0 bridgehead atoms. The molecule has 0 aliphatic heterocycles. The fourth-order valence-corrected chi connectivity index (χ4v) is 1.77. The highest BCUT2D eigenvalue weighted by molar-refractivity contribution is 6.31. The van der Waals surface area contributed by atoms with E-state index in [4.69, 9.17) is 23.2 Å². The summed E-state index contributed by atoms with van der Waals surface area (Å²) < 4.78 is 6.01. The zero-order chi connectivity index (χ0) is 13.8. The average Bonchev–Trinajstić information content (AvgIpc) is 2.78. The van der Waals surface area contributed by atoms with E-state index < -0.39 is 5.97 Å². The lowest BCUT2D eigenvalue weighted by atomic mass is 10.2. The topological polar surface area (TPSA) is 43.6 Å². The van der Waals surface area contributed by atoms with Crippen LogP contribution in [0.15, 0.2) is 41.6 Å². The molecule has 98 valence electrons. The molecular weight excluding hydrogens is 287 g/mol. The Balaban J connectivity index is 2.27. The fourth-order valence-electron chi connectivity index (χ4n) is 1.45. The second-order valence-electron chi connectivity index (χ2n) is 3.68. The minimum atomic E-state index is -0.500. The lowest BCUT2D eigenvalue weighted by Crippen LogP contribution is -2.06. The summed E-state index contributed by atoms with van der Waals surface area (Å²) in [6.07, 6.45) is 3.12. The zero-order valence-corrected chi connectivity index (χ0v) is 11.5. The van der Waals surface area contributed by atoms with Crippen molar-refractivity contribution >= 4 is 35.4 Å². The van der Waals surface area contributed by atoms with Gasteiger partial charge in [-0.3, -0.25) is 0 Å². The van der Waals surface area contributed by atoms with Crippen molar-refractivity contribution in [2.45, 2.75) is 0 Å². The third-order valence-corrected chi connectivity index (χ3v) is 2.82. The molecule has 0 radical (unpaired) electrons. The first-order valence-corrected chi connectivity index (χ1v) is 6.12. The molecule has 0 saturated heterocycles. The Morgan fingerprint density at radius 1 is 1.26 bits per heavy atom. The van der Waals surface area contributed by atoms with Gasteiger partial charge in [0, 0.05) is 11.2 Å². The van der Waals surface area contributed by atoms with Crippen molar-refractivity contribution in [3.8, 4) is 0 Å². The van der Waals surface area contributed by atoms with Crippen LogP contribution in [0.3, 0.4) is 0 Å². The normalized spacial score (nSPS) is 10.9. The third-order valence-electron chi connectivity index (χ3n) is 2.36. The number of hydrogen-bond donors (Lipinski definition) is 0. The minimum absolute atomic E-state index is 0.262. The first-order valence-electron chi connectivity index (χ1n) is 5.36. The number of ether oxygens (including phenoxy) is 1. The lowest BCUT2D eigenvalue weighted by molar-refractivity contribution is 0.0589. The van der Waals surface area contributed by atoms with Crippen LogP contribution in [0.4, 0.5) is 0 Å². The molecule has 1 aromatic carbocycles. The highest BCUT2D eigenvalue weighted by Gasteiger charge is 2.12. The van der Waals surface area contributed by atoms with Crippen molar-refractivity contribution in [3.63, 3.8) is 0 Å². The van der Waals surface area contributed by atoms with Gasteiger partial charge in [0.05, 0.1) is 18.3 Å². The van der Waals surface area contributed by atoms with Crippen molar-refractivity contribution in [2.75, 3.05) is 7.11 Å². The molecular formula is C13H10Cl2N2O2. The SMILES string of the molecule is COC(=O)c1cc(Cl)cn1N=Cc1ccc(Cl)cc1. The van der Waals surface area contributed by atoms with Crippen LogP contribution in [0.5, 0.6) is 0 Å². The maximum atomic E-state index is 11.5. The van der Waals surface area contributed by atoms with E-state index in [1.54, 1.807) is 18.3 Å². The van der Waals surface area contributed by atoms with Gasteiger partial charge in [-0.25, -0.2) is 9.47 Å². The molecule has 0 N–H and O–H groups in total. The number of aromatic nitrogens is 1. The summed E-state index contributed by atoms with van der Waals surface area (Å²) in [7, 11) is 1.30. The minimum Gasteiger partial charge on any atom is -0.464 e. The van der Waals surface area contributed by atoms with E-state index in [2.05, 4.69) is 9.84 Å². The zero-order valence-electron chi connectivity index (χ0n) is 10.0. The van der Waals surface area contributed by atoms with Gasteiger partial charge in [0.15, 0.2) is 5.69 Å². The van der Waals surface area contributed by atoms with Gasteiger partial charge in [-0.2, -0.15) is 5.10 Å². The van der Waals surface area contributed by atoms with Crippen LogP contribution in [0.2, 0.25) is 10.0 Å². The molecule has 2 aromatic rings. The molecule has 0 spiro atoms. The number of hydrogen-bond acceptors (Lipinski definition) is 3. The Hall–Kier alpha value is -1.78. The molecule has 0 atom stereocenters. The molecule has 1 heterocycles. The number of carbonyl (C=O) groups is 1. The molecule has 0 aliphatic carbocycles. The maximum absolute atomic E-state index is 11.5. The average molecular weight is 297 g/mol. The predicted molar refractivity (Wildman–Crippen MR) is 75.2 cm³/mol. The first-order chi connectivity index (χ1) is 9.10. The fraction of sp³-hybridized carbons (Fsp3) is 0.0769. The van der Waals surface area contributed by atoms with Gasteiger partial charge in [0.25, 0.3) is 0 Å². The van der Waals surface area contributed by atoms with Gasteiger partial charge in [-0.05, 0) is 23.8 Å². The summed E-state index contributed by atoms with van der Waals surface area (Å²) in [5.74, 6) is -0.500. The number of methoxy groups -OCH3 is 1. The first kappa shape index (κ1) is 13.6. The van der Waals surface area contributed by atoms with E-state index in [1.165, 1.54) is 24.0 Å². The molecule has 0 fully saturated rings. The Morgan fingerprint density at radius 2 is 1.95 bits per heavy atom. The van der Waals surface area contributed by atoms with Crippen LogP contribution in [0, 0.1) is 0 Å². The van der Waals surface area contributed by atoms with Crippen LogP contribution < -0.4 is 0 Å². The Morgan fingerprint density at radius 3 is 2.58 bits per heavy atom. The van der Waals surface area contributed by atoms with Gasteiger partial charge in [0.1, 0.15) is 0 Å². The standard InChI is InChI=1S/C13H10Cl2N2O2/c1-19-13(18)12-6-11(15)8-17(12)16-7-9-2-4-10(14)5-3-9/h2-8H,1H3. The highest BCUT2D eigenvalue weighted by Crippen LogP contribution is 2.15. The van der Waals surface area contributed by atoms with Gasteiger partial charge >= 0.3 is 5.97 Å². The molecule has 19 heavy (non-hydrogen) atoms. The van der Waals surface area contributed by atoms with Crippen molar-refractivity contribution in [1.29, 1.82) is 0 Å². The summed E-state index contributed by atoms with van der Waals surface area (Å²) in [6.45, 7) is 0. The summed E-state index contributed by atoms with van der Waals surface area (Å²) in [5, 5.41) is 5.22. The maximum Gasteiger partial charge on any atom is 0.356 e. The second kappa shape index (κ2) is 5.91. The van der Waals surface area contributed by atoms with Gasteiger partial charge in [-0.15, -0.1) is 0 Å². The molecule has 0 saturated carbocycles. The van der Waals surface area contributed by atoms with E-state index in [1.807, 2.05) is 12.1 Å². The van der Waals surface area contributed by atoms with Gasteiger partial charge in [-0.1, -0.05) is 35.3 Å². The third kappa shape index (κ3) is 3.36. The quantitative estimate of drug-likeness (QED) is 0.643. The number of esters is 1. The number of carbonyl (C=O) groups excluding carboxylic acids is 1. The van der Waals surface area contributed by atoms with E-state index in [9.17, 15) is 4.79 Å². The number of halogens is 2. The van der Waals surface area contributed by atoms with Crippen LogP contribution in [-0.4, -0.2) is 24.0 Å². The molecule has 4 nitrogen and oxygen atoms in total. The van der Waals surface area contributed by atoms with E-state index in [0.29, 0.717) is 10.0 Å². The highest BCUT2D eigenvalue weighted by atomic mass is 35.5. The molecule has 1 aromatic heterocycles. The summed E-state index contributed by atoms with van der Waals surface area (Å²) in [4.78, 5) is 11.5. The van der Waals surface area contributed by atoms with Crippen LogP contribution in [0.25, 0.3) is 0 Å². The second-order valence-corrected chi connectivity index (χ2v) is 4.55. The van der Waals surface area contributed by atoms with Crippen molar-refractivity contribution in [2.24, 2.45) is 5.10 Å². The van der Waals surface area contributed by atoms with Crippen molar-refractivity contribution in [1.82, 2.24) is 4.68 Å². The molecule has 0 aliphatic rings. The molecule has 0 amide bonds. The van der Waals surface area contributed by atoms with Crippen LogP contribution in [0.1, 0.15) is 16.1 Å². The Labute approximate surface area is 120 Å². The van der Waals surface area contributed by atoms with Gasteiger partial charge < -0.3 is 4.74 Å². The monoisotopic (exact) mass is 296 g/mol. The van der Waals surface area contributed by atoms with Gasteiger partial charge in [0.2, 0.25) is 0 Å². The Bertz CT molecular complexity index is 618. The van der Waals surface area contributed by atoms with Crippen LogP contribution in [-0.2, 0) is 4.74 Å². The van der Waals surface area contributed by atoms with Crippen molar-refractivity contribution in [3.05, 3.63) is 57.8 Å². The molecule has 2 rings (SSSR count). The number of nitrogens with zero attached hydrogens (tertiary/aromatic N) is 2. The van der Waals surface area contributed by atoms with Crippen molar-refractivity contribution < 1.29 is 9.53 Å². The summed E-state index contributed by atoms with van der Waals surface area (Å²) in [6, 6.07) is 8.63.